The fourth-order valence-corrected chi connectivity index (χ4v) is 4.08. The highest BCUT2D eigenvalue weighted by Gasteiger charge is 2.34. The first-order valence-corrected chi connectivity index (χ1v) is 9.92. The first kappa shape index (κ1) is 18.4. The summed E-state index contributed by atoms with van der Waals surface area (Å²) < 4.78 is 0. The van der Waals surface area contributed by atoms with Gasteiger partial charge in [0.25, 0.3) is 0 Å². The van der Waals surface area contributed by atoms with E-state index >= 15 is 0 Å². The number of piperidine rings is 1. The van der Waals surface area contributed by atoms with E-state index in [4.69, 9.17) is 5.73 Å². The van der Waals surface area contributed by atoms with Gasteiger partial charge in [0, 0.05) is 13.1 Å². The van der Waals surface area contributed by atoms with Crippen molar-refractivity contribution in [1.29, 1.82) is 0 Å². The van der Waals surface area contributed by atoms with Crippen LogP contribution in [0.15, 0.2) is 24.3 Å². The van der Waals surface area contributed by atoms with Gasteiger partial charge in [-0.2, -0.15) is 0 Å². The highest BCUT2D eigenvalue weighted by Crippen LogP contribution is 2.26. The summed E-state index contributed by atoms with van der Waals surface area (Å²) in [7, 11) is 0. The number of benzene rings is 1. The van der Waals surface area contributed by atoms with Crippen molar-refractivity contribution in [3.63, 3.8) is 0 Å². The van der Waals surface area contributed by atoms with Crippen molar-refractivity contribution in [3.05, 3.63) is 35.4 Å². The second kappa shape index (κ2) is 8.33. The summed E-state index contributed by atoms with van der Waals surface area (Å²) in [5.74, 6) is 0.879. The lowest BCUT2D eigenvalue weighted by Crippen LogP contribution is -2.54. The summed E-state index contributed by atoms with van der Waals surface area (Å²) in [5, 5.41) is 3.07. The minimum atomic E-state index is -0.652. The van der Waals surface area contributed by atoms with Crippen LogP contribution in [0.2, 0.25) is 0 Å². The molecule has 1 heterocycles. The van der Waals surface area contributed by atoms with Crippen LogP contribution in [0.4, 0.5) is 0 Å². The molecule has 138 valence electrons. The van der Waals surface area contributed by atoms with Crippen LogP contribution >= 0.6 is 0 Å². The fourth-order valence-electron chi connectivity index (χ4n) is 4.08. The molecule has 0 bridgehead atoms. The van der Waals surface area contributed by atoms with Crippen molar-refractivity contribution in [2.75, 3.05) is 13.1 Å². The highest BCUT2D eigenvalue weighted by atomic mass is 16.2. The summed E-state index contributed by atoms with van der Waals surface area (Å²) >= 11 is 0. The van der Waals surface area contributed by atoms with Crippen molar-refractivity contribution in [3.8, 4) is 0 Å². The molecule has 1 aromatic rings. The third kappa shape index (κ3) is 5.05. The number of nitrogens with one attached hydrogen (secondary N) is 1. The van der Waals surface area contributed by atoms with Crippen LogP contribution in [0.3, 0.4) is 0 Å². The molecule has 2 fully saturated rings. The Morgan fingerprint density at radius 3 is 2.60 bits per heavy atom. The maximum absolute atomic E-state index is 12.5. The number of hydrogen-bond acceptors (Lipinski definition) is 3. The molecule has 0 unspecified atom stereocenters. The van der Waals surface area contributed by atoms with Gasteiger partial charge in [0.1, 0.15) is 0 Å². The van der Waals surface area contributed by atoms with Gasteiger partial charge in [-0.1, -0.05) is 50.5 Å². The minimum Gasteiger partial charge on any atom is -0.350 e. The third-order valence-corrected chi connectivity index (χ3v) is 5.92. The van der Waals surface area contributed by atoms with E-state index in [1.54, 1.807) is 0 Å². The van der Waals surface area contributed by atoms with E-state index in [9.17, 15) is 4.79 Å². The van der Waals surface area contributed by atoms with E-state index in [2.05, 4.69) is 41.4 Å². The molecule has 3 rings (SSSR count). The molecule has 0 aromatic heterocycles. The molecule has 0 atom stereocenters. The standard InChI is InChI=1S/C21H33N3O/c1-17-8-12-24(13-9-17)16-19-7-5-6-18(14-19)15-23-20(25)21(22)10-3-2-4-11-21/h5-7,14,17H,2-4,8-13,15-16,22H2,1H3,(H,23,25). The Kier molecular flexibility index (Phi) is 6.13. The molecule has 25 heavy (non-hydrogen) atoms. The molecule has 1 aliphatic carbocycles. The minimum absolute atomic E-state index is 0.0163. The quantitative estimate of drug-likeness (QED) is 0.863. The SMILES string of the molecule is CC1CCN(Cc2cccc(CNC(=O)C3(N)CCCCC3)c2)CC1. The molecular weight excluding hydrogens is 310 g/mol. The molecule has 1 aliphatic heterocycles. The molecule has 1 saturated carbocycles. The largest absolute Gasteiger partial charge is 0.350 e. The second-order valence-corrected chi connectivity index (χ2v) is 8.18. The van der Waals surface area contributed by atoms with Gasteiger partial charge in [-0.3, -0.25) is 9.69 Å². The molecule has 1 aromatic carbocycles. The van der Waals surface area contributed by atoms with Crippen LogP contribution in [-0.4, -0.2) is 29.4 Å². The Morgan fingerprint density at radius 1 is 1.20 bits per heavy atom. The van der Waals surface area contributed by atoms with Crippen LogP contribution in [0.1, 0.15) is 63.0 Å². The third-order valence-electron chi connectivity index (χ3n) is 5.92. The van der Waals surface area contributed by atoms with Gasteiger partial charge in [-0.25, -0.2) is 0 Å². The van der Waals surface area contributed by atoms with E-state index in [1.807, 2.05) is 0 Å². The Bertz CT molecular complexity index is 572. The predicted octanol–water partition coefficient (Wildman–Crippen LogP) is 3.20. The first-order valence-electron chi connectivity index (χ1n) is 9.92. The average Bonchev–Trinajstić information content (AvgIpc) is 2.62. The molecule has 0 radical (unpaired) electrons. The number of carbonyl (C=O) groups is 1. The number of rotatable bonds is 5. The molecule has 1 saturated heterocycles. The summed E-state index contributed by atoms with van der Waals surface area (Å²) in [4.78, 5) is 15.0. The zero-order chi connectivity index (χ0) is 17.7. The zero-order valence-corrected chi connectivity index (χ0v) is 15.6. The van der Waals surface area contributed by atoms with Crippen LogP contribution in [0.25, 0.3) is 0 Å². The van der Waals surface area contributed by atoms with Crippen molar-refractivity contribution in [1.82, 2.24) is 10.2 Å². The number of nitrogens with zero attached hydrogens (tertiary/aromatic N) is 1. The van der Waals surface area contributed by atoms with Gasteiger partial charge in [-0.15, -0.1) is 0 Å². The Morgan fingerprint density at radius 2 is 1.88 bits per heavy atom. The van der Waals surface area contributed by atoms with Crippen molar-refractivity contribution in [2.24, 2.45) is 11.7 Å². The van der Waals surface area contributed by atoms with Crippen LogP contribution in [0.5, 0.6) is 0 Å². The predicted molar refractivity (Wildman–Crippen MR) is 102 cm³/mol. The van der Waals surface area contributed by atoms with Crippen LogP contribution < -0.4 is 11.1 Å². The fraction of sp³-hybridized carbons (Fsp3) is 0.667. The Balaban J connectivity index is 1.52. The number of nitrogens with two attached hydrogens (primary N) is 1. The average molecular weight is 344 g/mol. The lowest BCUT2D eigenvalue weighted by molar-refractivity contribution is -0.127. The van der Waals surface area contributed by atoms with Gasteiger partial charge in [0.05, 0.1) is 5.54 Å². The second-order valence-electron chi connectivity index (χ2n) is 8.18. The number of amides is 1. The summed E-state index contributed by atoms with van der Waals surface area (Å²) in [5.41, 5.74) is 8.16. The van der Waals surface area contributed by atoms with E-state index in [1.165, 1.54) is 37.9 Å². The van der Waals surface area contributed by atoms with Gasteiger partial charge in [-0.05, 0) is 55.8 Å². The maximum atomic E-state index is 12.5. The lowest BCUT2D eigenvalue weighted by Gasteiger charge is -2.32. The van der Waals surface area contributed by atoms with Crippen LogP contribution in [-0.2, 0) is 17.9 Å². The number of carbonyl (C=O) groups excluding carboxylic acids is 1. The van der Waals surface area contributed by atoms with Gasteiger partial charge < -0.3 is 11.1 Å². The highest BCUT2D eigenvalue weighted by molar-refractivity contribution is 5.86. The normalized spacial score (nSPS) is 21.8. The molecule has 2 aliphatic rings. The smallest absolute Gasteiger partial charge is 0.240 e. The maximum Gasteiger partial charge on any atom is 0.240 e. The summed E-state index contributed by atoms with van der Waals surface area (Å²) in [6.45, 7) is 6.31. The van der Waals surface area contributed by atoms with Gasteiger partial charge >= 0.3 is 0 Å². The van der Waals surface area contributed by atoms with Crippen LogP contribution in [0, 0.1) is 5.92 Å². The molecule has 4 heteroatoms. The zero-order valence-electron chi connectivity index (χ0n) is 15.6. The van der Waals surface area contributed by atoms with Crippen molar-refractivity contribution in [2.45, 2.75) is 70.5 Å². The molecule has 3 N–H and O–H groups in total. The number of hydrogen-bond donors (Lipinski definition) is 2. The molecular formula is C21H33N3O. The van der Waals surface area contributed by atoms with E-state index < -0.39 is 5.54 Å². The molecule has 4 nitrogen and oxygen atoms in total. The van der Waals surface area contributed by atoms with E-state index in [0.717, 1.165) is 43.7 Å². The first-order chi connectivity index (χ1) is 12.0. The molecule has 0 spiro atoms. The molecule has 1 amide bonds. The Hall–Kier alpha value is -1.39. The van der Waals surface area contributed by atoms with Crippen molar-refractivity contribution >= 4 is 5.91 Å². The lowest BCUT2D eigenvalue weighted by atomic mass is 9.82. The van der Waals surface area contributed by atoms with Gasteiger partial charge in [0.15, 0.2) is 0 Å². The van der Waals surface area contributed by atoms with Crippen molar-refractivity contribution < 1.29 is 4.79 Å². The number of likely N-dealkylation sites (tertiary alicyclic amines) is 1. The van der Waals surface area contributed by atoms with E-state index in [-0.39, 0.29) is 5.91 Å². The topological polar surface area (TPSA) is 58.4 Å². The summed E-state index contributed by atoms with van der Waals surface area (Å²) in [6, 6.07) is 8.60. The van der Waals surface area contributed by atoms with E-state index in [0.29, 0.717) is 6.54 Å². The Labute approximate surface area is 152 Å². The summed E-state index contributed by atoms with van der Waals surface area (Å²) in [6.07, 6.45) is 7.55. The van der Waals surface area contributed by atoms with Gasteiger partial charge in [0.2, 0.25) is 5.91 Å². The monoisotopic (exact) mass is 343 g/mol.